The minimum absolute atomic E-state index is 0.225. The number of ether oxygens (including phenoxy) is 2. The number of carbonyl (C=O) groups excluding carboxylic acids is 2. The maximum Gasteiger partial charge on any atom is 0.348 e. The van der Waals surface area contributed by atoms with Crippen molar-refractivity contribution in [3.63, 3.8) is 0 Å². The second-order valence-electron chi connectivity index (χ2n) is 9.06. The van der Waals surface area contributed by atoms with Gasteiger partial charge in [-0.15, -0.1) is 0 Å². The van der Waals surface area contributed by atoms with Crippen molar-refractivity contribution in [2.45, 2.75) is 72.1 Å². The van der Waals surface area contributed by atoms with Gasteiger partial charge in [-0.1, -0.05) is 0 Å². The van der Waals surface area contributed by atoms with Crippen LogP contribution in [0.15, 0.2) is 21.3 Å². The first-order valence-electron chi connectivity index (χ1n) is 9.57. The van der Waals surface area contributed by atoms with Crippen LogP contribution < -0.4 is 16.7 Å². The van der Waals surface area contributed by atoms with Gasteiger partial charge in [-0.05, 0) is 66.2 Å². The molecule has 1 unspecified atom stereocenters. The van der Waals surface area contributed by atoms with Gasteiger partial charge in [0.25, 0.3) is 6.01 Å². The number of carbonyl (C=O) groups is 2. The van der Waals surface area contributed by atoms with Gasteiger partial charge in [0.15, 0.2) is 0 Å². The van der Waals surface area contributed by atoms with Crippen molar-refractivity contribution >= 4 is 34.5 Å². The maximum atomic E-state index is 12.7. The highest BCUT2D eigenvalue weighted by molar-refractivity contribution is 5.87. The van der Waals surface area contributed by atoms with Gasteiger partial charge in [-0.25, -0.2) is 9.59 Å². The Morgan fingerprint density at radius 2 is 1.73 bits per heavy atom. The van der Waals surface area contributed by atoms with Crippen LogP contribution in [0, 0.1) is 6.92 Å². The number of nitrogen functional groups attached to an aromatic ring is 1. The van der Waals surface area contributed by atoms with Crippen LogP contribution in [0.25, 0.3) is 10.9 Å². The number of aryl methyl sites for hydroxylation is 1. The molecule has 1 atom stereocenters. The van der Waals surface area contributed by atoms with Crippen LogP contribution in [-0.2, 0) is 19.1 Å². The molecule has 0 bridgehead atoms. The van der Waals surface area contributed by atoms with E-state index in [9.17, 15) is 14.4 Å². The number of hydrogen-bond acceptors (Lipinski definition) is 9. The van der Waals surface area contributed by atoms with Crippen LogP contribution >= 0.6 is 0 Å². The summed E-state index contributed by atoms with van der Waals surface area (Å²) in [5.41, 5.74) is 5.06. The maximum absolute atomic E-state index is 12.7. The number of anilines is 2. The van der Waals surface area contributed by atoms with Gasteiger partial charge < -0.3 is 24.9 Å². The third kappa shape index (κ3) is 6.47. The zero-order valence-corrected chi connectivity index (χ0v) is 18.4. The van der Waals surface area contributed by atoms with Crippen LogP contribution in [0.2, 0.25) is 0 Å². The van der Waals surface area contributed by atoms with Crippen molar-refractivity contribution < 1.29 is 23.5 Å². The predicted octanol–water partition coefficient (Wildman–Crippen LogP) is 2.93. The fourth-order valence-electron chi connectivity index (χ4n) is 2.75. The number of nitrogens with one attached hydrogen (secondary N) is 1. The minimum Gasteiger partial charge on any atom is -0.460 e. The Morgan fingerprint density at radius 3 is 2.30 bits per heavy atom. The molecule has 9 nitrogen and oxygen atoms in total. The van der Waals surface area contributed by atoms with Gasteiger partial charge in [-0.3, -0.25) is 4.79 Å². The summed E-state index contributed by atoms with van der Waals surface area (Å²) in [5, 5.41) is 2.98. The topological polar surface area (TPSA) is 134 Å². The van der Waals surface area contributed by atoms with Crippen molar-refractivity contribution in [3.8, 4) is 0 Å². The third-order valence-electron chi connectivity index (χ3n) is 3.73. The first-order chi connectivity index (χ1) is 13.6. The molecule has 30 heavy (non-hydrogen) atoms. The van der Waals surface area contributed by atoms with E-state index in [-0.39, 0.29) is 17.8 Å². The molecule has 0 spiro atoms. The van der Waals surface area contributed by atoms with Gasteiger partial charge in [0.05, 0.1) is 17.3 Å². The highest BCUT2D eigenvalue weighted by Crippen LogP contribution is 2.21. The van der Waals surface area contributed by atoms with Crippen LogP contribution in [0.3, 0.4) is 0 Å². The molecule has 3 N–H and O–H groups in total. The van der Waals surface area contributed by atoms with Crippen LogP contribution in [-0.4, -0.2) is 34.2 Å². The quantitative estimate of drug-likeness (QED) is 0.554. The molecule has 2 rings (SSSR count). The summed E-state index contributed by atoms with van der Waals surface area (Å²) in [4.78, 5) is 41.6. The summed E-state index contributed by atoms with van der Waals surface area (Å²) in [7, 11) is 0. The number of benzene rings is 1. The molecule has 0 amide bonds. The molecule has 0 saturated heterocycles. The normalized spacial score (nSPS) is 13.0. The summed E-state index contributed by atoms with van der Waals surface area (Å²) >= 11 is 0. The Bertz CT molecular complexity index is 1010. The van der Waals surface area contributed by atoms with Gasteiger partial charge in [0.2, 0.25) is 0 Å². The molecule has 0 saturated carbocycles. The van der Waals surface area contributed by atoms with E-state index < -0.39 is 34.8 Å². The van der Waals surface area contributed by atoms with Gasteiger partial charge in [0.1, 0.15) is 17.2 Å². The highest BCUT2D eigenvalue weighted by Gasteiger charge is 2.30. The zero-order chi connectivity index (χ0) is 22.9. The van der Waals surface area contributed by atoms with Gasteiger partial charge in [0, 0.05) is 5.69 Å². The molecular weight excluding hydrogens is 390 g/mol. The van der Waals surface area contributed by atoms with Crippen LogP contribution in [0.4, 0.5) is 11.7 Å². The average molecular weight is 419 g/mol. The fraction of sp³-hybridized carbons (Fsp3) is 0.524. The smallest absolute Gasteiger partial charge is 0.348 e. The van der Waals surface area contributed by atoms with Crippen molar-refractivity contribution in [2.75, 3.05) is 11.1 Å². The molecule has 0 fully saturated rings. The highest BCUT2D eigenvalue weighted by atomic mass is 16.6. The van der Waals surface area contributed by atoms with Crippen molar-refractivity contribution in [1.82, 2.24) is 4.98 Å². The third-order valence-corrected chi connectivity index (χ3v) is 3.73. The second kappa shape index (κ2) is 8.33. The van der Waals surface area contributed by atoms with Crippen molar-refractivity contribution in [3.05, 3.63) is 28.1 Å². The van der Waals surface area contributed by atoms with E-state index in [0.29, 0.717) is 16.8 Å². The molecule has 0 aliphatic carbocycles. The number of hydrogen-bond donors (Lipinski definition) is 2. The van der Waals surface area contributed by atoms with Crippen molar-refractivity contribution in [1.29, 1.82) is 0 Å². The lowest BCUT2D eigenvalue weighted by Crippen LogP contribution is -2.39. The van der Waals surface area contributed by atoms with E-state index in [2.05, 4.69) is 10.3 Å². The monoisotopic (exact) mass is 419 g/mol. The van der Waals surface area contributed by atoms with E-state index in [0.717, 1.165) is 0 Å². The first kappa shape index (κ1) is 23.2. The van der Waals surface area contributed by atoms with E-state index >= 15 is 0 Å². The van der Waals surface area contributed by atoms with Crippen molar-refractivity contribution in [2.24, 2.45) is 0 Å². The molecule has 0 aliphatic heterocycles. The Kier molecular flexibility index (Phi) is 6.44. The zero-order valence-electron chi connectivity index (χ0n) is 18.4. The molecular formula is C21H29N3O6. The summed E-state index contributed by atoms with van der Waals surface area (Å²) in [6.07, 6.45) is -0.342. The summed E-state index contributed by atoms with van der Waals surface area (Å²) < 4.78 is 15.9. The molecule has 164 valence electrons. The Labute approximate surface area is 174 Å². The lowest BCUT2D eigenvalue weighted by atomic mass is 10.1. The molecule has 0 radical (unpaired) electrons. The lowest BCUT2D eigenvalue weighted by Gasteiger charge is -2.25. The molecule has 1 aromatic heterocycles. The molecule has 2 aromatic rings. The predicted molar refractivity (Wildman–Crippen MR) is 113 cm³/mol. The number of nitrogens with zero attached hydrogens (tertiary/aromatic N) is 1. The largest absolute Gasteiger partial charge is 0.460 e. The van der Waals surface area contributed by atoms with E-state index in [1.807, 2.05) is 0 Å². The van der Waals surface area contributed by atoms with E-state index in [1.54, 1.807) is 54.5 Å². The number of esters is 2. The Hall–Kier alpha value is -3.10. The first-order valence-corrected chi connectivity index (χ1v) is 9.57. The fourth-order valence-corrected chi connectivity index (χ4v) is 2.75. The summed E-state index contributed by atoms with van der Waals surface area (Å²) in [6.45, 7) is 12.0. The minimum atomic E-state index is -1.17. The SMILES string of the molecule is Cc1cc(N)cc2nc(NC(CC(=O)OC(C)(C)C)C(=O)OC(C)(C)C)oc(=O)c12. The Balaban J connectivity index is 2.38. The van der Waals surface area contributed by atoms with Crippen LogP contribution in [0.5, 0.6) is 0 Å². The second-order valence-corrected chi connectivity index (χ2v) is 9.06. The van der Waals surface area contributed by atoms with Crippen LogP contribution in [0.1, 0.15) is 53.5 Å². The average Bonchev–Trinajstić information content (AvgIpc) is 2.49. The van der Waals surface area contributed by atoms with E-state index in [4.69, 9.17) is 19.6 Å². The van der Waals surface area contributed by atoms with Gasteiger partial charge >= 0.3 is 17.6 Å². The number of fused-ring (bicyclic) bond motifs is 1. The Morgan fingerprint density at radius 1 is 1.13 bits per heavy atom. The molecule has 0 aliphatic rings. The summed E-state index contributed by atoms with van der Waals surface area (Å²) in [5.74, 6) is -1.32. The molecule has 1 aromatic carbocycles. The molecule has 1 heterocycles. The lowest BCUT2D eigenvalue weighted by molar-refractivity contribution is -0.163. The number of aromatic nitrogens is 1. The molecule has 9 heteroatoms. The van der Waals surface area contributed by atoms with E-state index in [1.165, 1.54) is 6.07 Å². The van der Waals surface area contributed by atoms with Gasteiger partial charge in [-0.2, -0.15) is 4.98 Å². The standard InChI is InChI=1S/C21H29N3O6/c1-11-8-12(22)9-13-16(11)18(27)28-19(23-13)24-14(17(26)30-21(5,6)7)10-15(25)29-20(2,3)4/h8-9,14H,10,22H2,1-7H3,(H,23,24). The number of rotatable bonds is 5. The summed E-state index contributed by atoms with van der Waals surface area (Å²) in [6, 6.07) is 1.77. The number of nitrogens with two attached hydrogens (primary N) is 1.